The Morgan fingerprint density at radius 1 is 1.40 bits per heavy atom. The van der Waals surface area contributed by atoms with Crippen molar-refractivity contribution in [3.8, 4) is 0 Å². The highest BCUT2D eigenvalue weighted by molar-refractivity contribution is 6.31. The molecule has 1 rings (SSSR count). The van der Waals surface area contributed by atoms with Crippen LogP contribution < -0.4 is 5.32 Å². The molecule has 0 radical (unpaired) electrons. The van der Waals surface area contributed by atoms with E-state index in [1.165, 1.54) is 12.1 Å². The van der Waals surface area contributed by atoms with Crippen LogP contribution in [-0.2, 0) is 11.2 Å². The van der Waals surface area contributed by atoms with Crippen molar-refractivity contribution in [1.29, 1.82) is 0 Å². The van der Waals surface area contributed by atoms with Crippen molar-refractivity contribution >= 4 is 11.6 Å². The zero-order valence-electron chi connectivity index (χ0n) is 12.8. The summed E-state index contributed by atoms with van der Waals surface area (Å²) in [6.07, 6.45) is 2.56. The van der Waals surface area contributed by atoms with Gasteiger partial charge in [0.1, 0.15) is 5.82 Å². The fourth-order valence-electron chi connectivity index (χ4n) is 2.28. The lowest BCUT2D eigenvalue weighted by Crippen LogP contribution is -2.51. The van der Waals surface area contributed by atoms with E-state index in [2.05, 4.69) is 26.1 Å². The molecule has 0 bridgehead atoms. The van der Waals surface area contributed by atoms with E-state index in [1.807, 2.05) is 0 Å². The minimum Gasteiger partial charge on any atom is -0.377 e. The molecule has 0 aliphatic carbocycles. The molecule has 1 aromatic rings. The van der Waals surface area contributed by atoms with Gasteiger partial charge in [-0.25, -0.2) is 4.39 Å². The van der Waals surface area contributed by atoms with E-state index in [-0.39, 0.29) is 17.5 Å². The van der Waals surface area contributed by atoms with Crippen molar-refractivity contribution in [2.24, 2.45) is 0 Å². The van der Waals surface area contributed by atoms with Gasteiger partial charge in [-0.2, -0.15) is 0 Å². The Hall–Kier alpha value is -0.640. The van der Waals surface area contributed by atoms with Crippen LogP contribution in [0.3, 0.4) is 0 Å². The summed E-state index contributed by atoms with van der Waals surface area (Å²) in [5.74, 6) is -0.255. The number of halogens is 2. The van der Waals surface area contributed by atoms with Crippen molar-refractivity contribution in [3.05, 3.63) is 34.6 Å². The third kappa shape index (κ3) is 4.44. The lowest BCUT2D eigenvalue weighted by Gasteiger charge is -2.37. The van der Waals surface area contributed by atoms with Crippen molar-refractivity contribution in [3.63, 3.8) is 0 Å². The minimum absolute atomic E-state index is 0.0942. The summed E-state index contributed by atoms with van der Waals surface area (Å²) >= 11 is 6.18. The lowest BCUT2D eigenvalue weighted by atomic mass is 9.88. The van der Waals surface area contributed by atoms with Crippen LogP contribution in [0.5, 0.6) is 0 Å². The maximum absolute atomic E-state index is 13.4. The first-order chi connectivity index (χ1) is 9.46. The molecule has 0 aliphatic rings. The predicted molar refractivity (Wildman–Crippen MR) is 82.9 cm³/mol. The van der Waals surface area contributed by atoms with Crippen LogP contribution >= 0.6 is 11.6 Å². The summed E-state index contributed by atoms with van der Waals surface area (Å²) in [7, 11) is 1.72. The van der Waals surface area contributed by atoms with Gasteiger partial charge in [0.05, 0.1) is 5.60 Å². The largest absolute Gasteiger partial charge is 0.377 e. The lowest BCUT2D eigenvalue weighted by molar-refractivity contribution is -0.0287. The minimum atomic E-state index is -0.301. The van der Waals surface area contributed by atoms with E-state index in [9.17, 15) is 4.39 Å². The number of hydrogen-bond acceptors (Lipinski definition) is 2. The molecule has 114 valence electrons. The zero-order valence-corrected chi connectivity index (χ0v) is 13.6. The average molecular weight is 302 g/mol. The maximum Gasteiger partial charge on any atom is 0.123 e. The Morgan fingerprint density at radius 3 is 2.65 bits per heavy atom. The quantitative estimate of drug-likeness (QED) is 0.777. The average Bonchev–Trinajstić information content (AvgIpc) is 2.46. The smallest absolute Gasteiger partial charge is 0.123 e. The van der Waals surface area contributed by atoms with Crippen molar-refractivity contribution in [2.75, 3.05) is 13.7 Å². The van der Waals surface area contributed by atoms with Crippen LogP contribution in [0.1, 0.15) is 39.2 Å². The molecule has 0 amide bonds. The molecule has 0 saturated heterocycles. The summed E-state index contributed by atoms with van der Waals surface area (Å²) in [5, 5.41) is 4.10. The maximum atomic E-state index is 13.4. The van der Waals surface area contributed by atoms with Gasteiger partial charge in [-0.1, -0.05) is 25.4 Å². The second-order valence-corrected chi connectivity index (χ2v) is 5.72. The number of ether oxygens (including phenoxy) is 1. The Labute approximate surface area is 126 Å². The Bertz CT molecular complexity index is 421. The molecule has 0 fully saturated rings. The van der Waals surface area contributed by atoms with Crippen molar-refractivity contribution in [2.45, 2.75) is 51.7 Å². The van der Waals surface area contributed by atoms with Gasteiger partial charge in [-0.3, -0.25) is 0 Å². The fraction of sp³-hybridized carbons (Fsp3) is 0.625. The number of methoxy groups -OCH3 is 1. The summed E-state index contributed by atoms with van der Waals surface area (Å²) < 4.78 is 19.1. The van der Waals surface area contributed by atoms with Gasteiger partial charge >= 0.3 is 0 Å². The topological polar surface area (TPSA) is 21.3 Å². The van der Waals surface area contributed by atoms with Crippen LogP contribution in [0, 0.1) is 5.82 Å². The van der Waals surface area contributed by atoms with E-state index >= 15 is 0 Å². The summed E-state index contributed by atoms with van der Waals surface area (Å²) in [6, 6.07) is 4.60. The first kappa shape index (κ1) is 17.4. The van der Waals surface area contributed by atoms with Crippen LogP contribution in [0.2, 0.25) is 5.02 Å². The van der Waals surface area contributed by atoms with Crippen LogP contribution in [-0.4, -0.2) is 25.3 Å². The van der Waals surface area contributed by atoms with Gasteiger partial charge in [0.25, 0.3) is 0 Å². The summed E-state index contributed by atoms with van der Waals surface area (Å²) in [6.45, 7) is 7.19. The fourth-order valence-corrected chi connectivity index (χ4v) is 2.47. The molecular formula is C16H25ClFNO. The highest BCUT2D eigenvalue weighted by Gasteiger charge is 2.32. The molecule has 0 aromatic heterocycles. The van der Waals surface area contributed by atoms with Gasteiger partial charge in [-0.15, -0.1) is 0 Å². The molecular weight excluding hydrogens is 277 g/mol. The molecule has 2 nitrogen and oxygen atoms in total. The Kier molecular flexibility index (Phi) is 6.93. The molecule has 4 heteroatoms. The van der Waals surface area contributed by atoms with Gasteiger partial charge in [0.2, 0.25) is 0 Å². The molecule has 0 heterocycles. The van der Waals surface area contributed by atoms with Crippen LogP contribution in [0.4, 0.5) is 4.39 Å². The van der Waals surface area contributed by atoms with E-state index in [4.69, 9.17) is 16.3 Å². The second kappa shape index (κ2) is 7.96. The van der Waals surface area contributed by atoms with E-state index in [1.54, 1.807) is 13.2 Å². The van der Waals surface area contributed by atoms with Gasteiger partial charge in [0, 0.05) is 18.2 Å². The molecule has 20 heavy (non-hydrogen) atoms. The molecule has 0 saturated carbocycles. The summed E-state index contributed by atoms with van der Waals surface area (Å²) in [5.41, 5.74) is 0.516. The third-order valence-corrected chi connectivity index (χ3v) is 4.35. The molecule has 0 spiro atoms. The SMILES string of the molecule is CCCNC(Cc1cc(F)ccc1Cl)C(C)(CC)OC. The molecule has 2 unspecified atom stereocenters. The highest BCUT2D eigenvalue weighted by atomic mass is 35.5. The number of benzene rings is 1. The Balaban J connectivity index is 2.96. The van der Waals surface area contributed by atoms with E-state index in [0.717, 1.165) is 24.9 Å². The Morgan fingerprint density at radius 2 is 2.10 bits per heavy atom. The van der Waals surface area contributed by atoms with E-state index < -0.39 is 0 Å². The first-order valence-corrected chi connectivity index (χ1v) is 7.57. The molecule has 1 N–H and O–H groups in total. The molecule has 0 aliphatic heterocycles. The molecule has 1 aromatic carbocycles. The number of nitrogens with one attached hydrogen (secondary N) is 1. The predicted octanol–water partition coefficient (Wildman–Crippen LogP) is 4.20. The van der Waals surface area contributed by atoms with Crippen LogP contribution in [0.25, 0.3) is 0 Å². The monoisotopic (exact) mass is 301 g/mol. The normalized spacial score (nSPS) is 15.9. The van der Waals surface area contributed by atoms with Crippen molar-refractivity contribution < 1.29 is 9.13 Å². The highest BCUT2D eigenvalue weighted by Crippen LogP contribution is 2.26. The summed E-state index contributed by atoms with van der Waals surface area (Å²) in [4.78, 5) is 0. The second-order valence-electron chi connectivity index (χ2n) is 5.32. The number of rotatable bonds is 8. The van der Waals surface area contributed by atoms with Crippen LogP contribution in [0.15, 0.2) is 18.2 Å². The van der Waals surface area contributed by atoms with Gasteiger partial charge in [-0.05, 0) is 56.5 Å². The number of hydrogen-bond donors (Lipinski definition) is 1. The third-order valence-electron chi connectivity index (χ3n) is 3.98. The van der Waals surface area contributed by atoms with Gasteiger partial charge < -0.3 is 10.1 Å². The van der Waals surface area contributed by atoms with Gasteiger partial charge in [0.15, 0.2) is 0 Å². The van der Waals surface area contributed by atoms with Crippen molar-refractivity contribution in [1.82, 2.24) is 5.32 Å². The first-order valence-electron chi connectivity index (χ1n) is 7.19. The standard InChI is InChI=1S/C16H25ClFNO/c1-5-9-19-15(16(3,6-2)20-4)11-12-10-13(18)7-8-14(12)17/h7-8,10,15,19H,5-6,9,11H2,1-4H3. The zero-order chi connectivity index (χ0) is 15.2. The van der Waals surface area contributed by atoms with E-state index in [0.29, 0.717) is 11.4 Å². The molecule has 2 atom stereocenters.